The molecule has 0 radical (unpaired) electrons. The monoisotopic (exact) mass is 251 g/mol. The van der Waals surface area contributed by atoms with Gasteiger partial charge in [-0.25, -0.2) is 0 Å². The summed E-state index contributed by atoms with van der Waals surface area (Å²) in [5.74, 6) is 0.0813. The van der Waals surface area contributed by atoms with Gasteiger partial charge in [0, 0.05) is 11.7 Å². The molecule has 0 atom stereocenters. The van der Waals surface area contributed by atoms with Crippen molar-refractivity contribution in [3.63, 3.8) is 0 Å². The van der Waals surface area contributed by atoms with Crippen LogP contribution < -0.4 is 10.2 Å². The first kappa shape index (κ1) is 13.7. The van der Waals surface area contributed by atoms with E-state index in [1.807, 2.05) is 0 Å². The highest BCUT2D eigenvalue weighted by atomic mass is 19.4. The fourth-order valence-electron chi connectivity index (χ4n) is 0.923. The summed E-state index contributed by atoms with van der Waals surface area (Å²) in [6.45, 7) is -2.02. The average Bonchev–Trinajstić information content (AvgIpc) is 2.23. The van der Waals surface area contributed by atoms with Crippen molar-refractivity contribution in [1.82, 2.24) is 4.98 Å². The van der Waals surface area contributed by atoms with Crippen LogP contribution in [0.3, 0.4) is 0 Å². The van der Waals surface area contributed by atoms with Crippen LogP contribution in [0.1, 0.15) is 0 Å². The summed E-state index contributed by atoms with van der Waals surface area (Å²) in [6.07, 6.45) is -2.01. The van der Waals surface area contributed by atoms with E-state index in [1.54, 1.807) is 0 Å². The van der Waals surface area contributed by atoms with Crippen molar-refractivity contribution < 1.29 is 32.7 Å². The Labute approximate surface area is 95.0 Å². The number of alkyl halides is 3. The molecule has 0 aromatic carbocycles. The van der Waals surface area contributed by atoms with Gasteiger partial charge in [-0.05, 0) is 6.07 Å². The number of hydrogen-bond acceptors (Lipinski definition) is 5. The predicted octanol–water partition coefficient (Wildman–Crippen LogP) is -0.323. The van der Waals surface area contributed by atoms with Gasteiger partial charge < -0.3 is 19.5 Å². The van der Waals surface area contributed by atoms with Gasteiger partial charge in [0.2, 0.25) is 0 Å². The van der Waals surface area contributed by atoms with Crippen molar-refractivity contribution in [2.45, 2.75) is 6.18 Å². The molecule has 1 aromatic heterocycles. The first-order chi connectivity index (χ1) is 7.88. The van der Waals surface area contributed by atoms with Gasteiger partial charge in [-0.15, -0.1) is 0 Å². The van der Waals surface area contributed by atoms with E-state index in [9.17, 15) is 13.2 Å². The van der Waals surface area contributed by atoms with Crippen LogP contribution in [0.2, 0.25) is 0 Å². The van der Waals surface area contributed by atoms with Crippen LogP contribution >= 0.6 is 0 Å². The molecule has 0 unspecified atom stereocenters. The second-order valence-corrected chi connectivity index (χ2v) is 3.05. The summed E-state index contributed by atoms with van der Waals surface area (Å²) in [7, 11) is -1.72. The highest BCUT2D eigenvalue weighted by Crippen LogP contribution is 2.14. The third-order valence-corrected chi connectivity index (χ3v) is 1.61. The summed E-state index contributed by atoms with van der Waals surface area (Å²) in [4.78, 5) is 3.61. The standard InChI is InChI=1S/C8H9BF3NO4/c10-8(11,12)4-16-5-17-7-1-6(9(14)15)2-13-3-7/h1-3,14-15H,4-5H2. The van der Waals surface area contributed by atoms with Gasteiger partial charge in [0.15, 0.2) is 6.79 Å². The number of nitrogens with zero attached hydrogens (tertiary/aromatic N) is 1. The normalized spacial score (nSPS) is 11.4. The molecule has 1 heterocycles. The summed E-state index contributed by atoms with van der Waals surface area (Å²) in [5, 5.41) is 17.6. The lowest BCUT2D eigenvalue weighted by atomic mass is 9.82. The van der Waals surface area contributed by atoms with E-state index in [0.29, 0.717) is 0 Å². The fourth-order valence-corrected chi connectivity index (χ4v) is 0.923. The van der Waals surface area contributed by atoms with Crippen molar-refractivity contribution in [2.75, 3.05) is 13.4 Å². The number of halogens is 3. The van der Waals surface area contributed by atoms with Crippen molar-refractivity contribution in [2.24, 2.45) is 0 Å². The van der Waals surface area contributed by atoms with E-state index in [0.717, 1.165) is 0 Å². The molecule has 94 valence electrons. The highest BCUT2D eigenvalue weighted by Gasteiger charge is 2.27. The third-order valence-electron chi connectivity index (χ3n) is 1.61. The van der Waals surface area contributed by atoms with E-state index in [1.165, 1.54) is 18.5 Å². The van der Waals surface area contributed by atoms with Crippen molar-refractivity contribution in [1.29, 1.82) is 0 Å². The quantitative estimate of drug-likeness (QED) is 0.426. The van der Waals surface area contributed by atoms with Gasteiger partial charge in [-0.1, -0.05) is 0 Å². The number of hydrogen-bond donors (Lipinski definition) is 2. The molecular formula is C8H9BF3NO4. The molecule has 0 saturated carbocycles. The largest absolute Gasteiger partial charge is 0.490 e. The molecule has 9 heteroatoms. The van der Waals surface area contributed by atoms with Crippen LogP contribution in [0.4, 0.5) is 13.2 Å². The Bertz CT molecular complexity index is 361. The maximum atomic E-state index is 11.7. The molecule has 5 nitrogen and oxygen atoms in total. The third kappa shape index (κ3) is 5.52. The second-order valence-electron chi connectivity index (χ2n) is 3.05. The summed E-state index contributed by atoms with van der Waals surface area (Å²) in [6, 6.07) is 1.23. The van der Waals surface area contributed by atoms with E-state index < -0.39 is 26.7 Å². The number of rotatable bonds is 5. The second kappa shape index (κ2) is 5.85. The average molecular weight is 251 g/mol. The van der Waals surface area contributed by atoms with Crippen LogP contribution in [0.5, 0.6) is 5.75 Å². The first-order valence-electron chi connectivity index (χ1n) is 4.47. The van der Waals surface area contributed by atoms with Crippen LogP contribution in [0.15, 0.2) is 18.5 Å². The smallest absolute Gasteiger partial charge is 0.466 e. The van der Waals surface area contributed by atoms with Gasteiger partial charge in [0.25, 0.3) is 0 Å². The zero-order valence-corrected chi connectivity index (χ0v) is 8.52. The molecular weight excluding hydrogens is 242 g/mol. The summed E-state index contributed by atoms with van der Waals surface area (Å²) in [5.41, 5.74) is 0.0679. The zero-order chi connectivity index (χ0) is 12.9. The Kier molecular flexibility index (Phi) is 4.73. The molecule has 0 bridgehead atoms. The van der Waals surface area contributed by atoms with Gasteiger partial charge in [0.1, 0.15) is 12.4 Å². The van der Waals surface area contributed by atoms with Gasteiger partial charge in [-0.3, -0.25) is 4.98 Å². The van der Waals surface area contributed by atoms with Crippen LogP contribution in [0.25, 0.3) is 0 Å². The number of pyridine rings is 1. The van der Waals surface area contributed by atoms with Crippen molar-refractivity contribution in [3.05, 3.63) is 18.5 Å². The van der Waals surface area contributed by atoms with Crippen molar-refractivity contribution in [3.8, 4) is 5.75 Å². The molecule has 0 fully saturated rings. The summed E-state index contributed by atoms with van der Waals surface area (Å²) >= 11 is 0. The minimum absolute atomic E-state index is 0.0679. The Morgan fingerprint density at radius 1 is 1.29 bits per heavy atom. The maximum absolute atomic E-state index is 11.7. The van der Waals surface area contributed by atoms with Crippen LogP contribution in [-0.2, 0) is 4.74 Å². The minimum Gasteiger partial charge on any atom is -0.466 e. The molecule has 1 aromatic rings. The Balaban J connectivity index is 2.39. The Morgan fingerprint density at radius 3 is 2.59 bits per heavy atom. The maximum Gasteiger partial charge on any atom is 0.490 e. The molecule has 0 saturated heterocycles. The lowest BCUT2D eigenvalue weighted by Gasteiger charge is -2.09. The van der Waals surface area contributed by atoms with Gasteiger partial charge in [0.05, 0.1) is 6.20 Å². The van der Waals surface area contributed by atoms with E-state index in [4.69, 9.17) is 14.8 Å². The SMILES string of the molecule is OB(O)c1cncc(OCOCC(F)(F)F)c1. The Morgan fingerprint density at radius 2 is 2.00 bits per heavy atom. The molecule has 0 aliphatic rings. The van der Waals surface area contributed by atoms with Gasteiger partial charge in [-0.2, -0.15) is 13.2 Å². The van der Waals surface area contributed by atoms with Crippen molar-refractivity contribution >= 4 is 12.6 Å². The molecule has 2 N–H and O–H groups in total. The number of ether oxygens (including phenoxy) is 2. The molecule has 0 aliphatic heterocycles. The lowest BCUT2D eigenvalue weighted by molar-refractivity contribution is -0.186. The lowest BCUT2D eigenvalue weighted by Crippen LogP contribution is -2.30. The fraction of sp³-hybridized carbons (Fsp3) is 0.375. The van der Waals surface area contributed by atoms with E-state index in [-0.39, 0.29) is 11.2 Å². The predicted molar refractivity (Wildman–Crippen MR) is 51.6 cm³/mol. The van der Waals surface area contributed by atoms with E-state index in [2.05, 4.69) is 9.72 Å². The first-order valence-corrected chi connectivity index (χ1v) is 4.47. The van der Waals surface area contributed by atoms with Crippen LogP contribution in [0, 0.1) is 0 Å². The topological polar surface area (TPSA) is 71.8 Å². The molecule has 0 spiro atoms. The molecule has 17 heavy (non-hydrogen) atoms. The zero-order valence-electron chi connectivity index (χ0n) is 8.52. The molecule has 1 rings (SSSR count). The van der Waals surface area contributed by atoms with E-state index >= 15 is 0 Å². The van der Waals surface area contributed by atoms with Crippen LogP contribution in [-0.4, -0.2) is 41.7 Å². The number of aromatic nitrogens is 1. The molecule has 0 amide bonds. The molecule has 0 aliphatic carbocycles. The highest BCUT2D eigenvalue weighted by molar-refractivity contribution is 6.58. The van der Waals surface area contributed by atoms with Gasteiger partial charge >= 0.3 is 13.3 Å². The minimum atomic E-state index is -4.41. The summed E-state index contributed by atoms with van der Waals surface area (Å²) < 4.78 is 44.1. The Hall–Kier alpha value is -1.32.